The number of hydrogen-bond donors (Lipinski definition) is 0. The Kier molecular flexibility index (Phi) is 5.43. The zero-order valence-electron chi connectivity index (χ0n) is 15.3. The maximum atomic E-state index is 13.0. The second-order valence-corrected chi connectivity index (χ2v) is 6.57. The molecule has 5 nitrogen and oxygen atoms in total. The number of benzene rings is 1. The zero-order chi connectivity index (χ0) is 19.6. The molecule has 0 saturated heterocycles. The maximum Gasteiger partial charge on any atom is 0.416 e. The van der Waals surface area contributed by atoms with E-state index in [1.54, 1.807) is 4.90 Å². The molecule has 27 heavy (non-hydrogen) atoms. The van der Waals surface area contributed by atoms with Gasteiger partial charge in [0.1, 0.15) is 0 Å². The Hall–Kier alpha value is -2.51. The lowest BCUT2D eigenvalue weighted by atomic mass is 10.2. The van der Waals surface area contributed by atoms with Gasteiger partial charge in [-0.25, -0.2) is 4.68 Å². The molecule has 0 N–H and O–H groups in total. The van der Waals surface area contributed by atoms with E-state index < -0.39 is 11.7 Å². The number of methoxy groups -OCH3 is 1. The van der Waals surface area contributed by atoms with Crippen molar-refractivity contribution in [3.8, 4) is 11.4 Å². The van der Waals surface area contributed by atoms with E-state index in [1.807, 2.05) is 6.92 Å². The molecule has 1 aliphatic rings. The molecular formula is C19H22F3N3O2. The van der Waals surface area contributed by atoms with Crippen LogP contribution in [0.1, 0.15) is 48.7 Å². The van der Waals surface area contributed by atoms with Crippen molar-refractivity contribution < 1.29 is 22.7 Å². The Morgan fingerprint density at radius 3 is 2.63 bits per heavy atom. The van der Waals surface area contributed by atoms with Crippen LogP contribution >= 0.6 is 0 Å². The lowest BCUT2D eigenvalue weighted by Crippen LogP contribution is -2.39. The van der Waals surface area contributed by atoms with E-state index in [4.69, 9.17) is 4.74 Å². The molecule has 3 rings (SSSR count). The first kappa shape index (κ1) is 19.3. The molecule has 1 heterocycles. The lowest BCUT2D eigenvalue weighted by Gasteiger charge is -2.27. The molecule has 146 valence electrons. The first-order valence-electron chi connectivity index (χ1n) is 8.97. The summed E-state index contributed by atoms with van der Waals surface area (Å²) in [5, 5.41) is 4.25. The molecule has 0 radical (unpaired) electrons. The Morgan fingerprint density at radius 2 is 2.04 bits per heavy atom. The number of alkyl halides is 3. The SMILES string of the molecule is CCN(C(=O)c1nn(-c2cccc(C(F)(F)F)c2)cc1OC)C1CCCC1. The summed E-state index contributed by atoms with van der Waals surface area (Å²) in [4.78, 5) is 14.8. The number of halogens is 3. The van der Waals surface area contributed by atoms with Crippen molar-refractivity contribution in [3.63, 3.8) is 0 Å². The number of rotatable bonds is 5. The number of carbonyl (C=O) groups excluding carboxylic acids is 1. The minimum absolute atomic E-state index is 0.115. The number of nitrogens with zero attached hydrogens (tertiary/aromatic N) is 3. The van der Waals surface area contributed by atoms with E-state index in [0.717, 1.165) is 37.8 Å². The van der Waals surface area contributed by atoms with Gasteiger partial charge in [0, 0.05) is 12.6 Å². The predicted molar refractivity (Wildman–Crippen MR) is 94.1 cm³/mol. The van der Waals surface area contributed by atoms with Crippen LogP contribution in [0.2, 0.25) is 0 Å². The molecule has 0 spiro atoms. The minimum Gasteiger partial charge on any atom is -0.493 e. The van der Waals surface area contributed by atoms with Crippen molar-refractivity contribution in [2.75, 3.05) is 13.7 Å². The van der Waals surface area contributed by atoms with Crippen LogP contribution in [-0.4, -0.2) is 40.3 Å². The molecular weight excluding hydrogens is 359 g/mol. The molecule has 2 aromatic rings. The van der Waals surface area contributed by atoms with E-state index in [-0.39, 0.29) is 29.1 Å². The standard InChI is InChI=1S/C19H22F3N3O2/c1-3-24(14-8-4-5-9-14)18(26)17-16(27-2)12-25(23-17)15-10-6-7-13(11-15)19(20,21)22/h6-7,10-12,14H,3-5,8-9H2,1-2H3. The summed E-state index contributed by atoms with van der Waals surface area (Å²) >= 11 is 0. The number of aromatic nitrogens is 2. The molecule has 0 bridgehead atoms. The fourth-order valence-electron chi connectivity index (χ4n) is 3.53. The topological polar surface area (TPSA) is 47.4 Å². The highest BCUT2D eigenvalue weighted by molar-refractivity contribution is 5.95. The zero-order valence-corrected chi connectivity index (χ0v) is 15.3. The molecule has 1 fully saturated rings. The van der Waals surface area contributed by atoms with Crippen LogP contribution in [-0.2, 0) is 6.18 Å². The molecule has 1 saturated carbocycles. The number of amides is 1. The minimum atomic E-state index is -4.45. The molecule has 0 atom stereocenters. The third kappa shape index (κ3) is 3.94. The lowest BCUT2D eigenvalue weighted by molar-refractivity contribution is -0.137. The van der Waals surface area contributed by atoms with Gasteiger partial charge < -0.3 is 9.64 Å². The summed E-state index contributed by atoms with van der Waals surface area (Å²) in [7, 11) is 1.41. The van der Waals surface area contributed by atoms with Gasteiger partial charge in [-0.1, -0.05) is 18.9 Å². The molecule has 8 heteroatoms. The second-order valence-electron chi connectivity index (χ2n) is 6.57. The summed E-state index contributed by atoms with van der Waals surface area (Å²) in [5.41, 5.74) is -0.446. The highest BCUT2D eigenvalue weighted by Crippen LogP contribution is 2.31. The van der Waals surface area contributed by atoms with Gasteiger partial charge in [0.2, 0.25) is 0 Å². The largest absolute Gasteiger partial charge is 0.493 e. The average Bonchev–Trinajstić information content (AvgIpc) is 3.31. The average molecular weight is 381 g/mol. The fourth-order valence-corrected chi connectivity index (χ4v) is 3.53. The summed E-state index contributed by atoms with van der Waals surface area (Å²) < 4.78 is 45.4. The fraction of sp³-hybridized carbons (Fsp3) is 0.474. The predicted octanol–water partition coefficient (Wildman–Crippen LogP) is 4.30. The Morgan fingerprint density at radius 1 is 1.33 bits per heavy atom. The van der Waals surface area contributed by atoms with Crippen LogP contribution in [0, 0.1) is 0 Å². The van der Waals surface area contributed by atoms with Gasteiger partial charge in [0.15, 0.2) is 11.4 Å². The third-order valence-electron chi connectivity index (χ3n) is 4.91. The second kappa shape index (κ2) is 7.62. The van der Waals surface area contributed by atoms with Gasteiger partial charge in [-0.2, -0.15) is 18.3 Å². The first-order valence-corrected chi connectivity index (χ1v) is 8.97. The van der Waals surface area contributed by atoms with Crippen molar-refractivity contribution >= 4 is 5.91 Å². The summed E-state index contributed by atoms with van der Waals surface area (Å²) in [6, 6.07) is 4.98. The highest BCUT2D eigenvalue weighted by atomic mass is 19.4. The summed E-state index contributed by atoms with van der Waals surface area (Å²) in [6.45, 7) is 2.45. The van der Waals surface area contributed by atoms with Crippen LogP contribution in [0.25, 0.3) is 5.69 Å². The van der Waals surface area contributed by atoms with Crippen LogP contribution in [0.3, 0.4) is 0 Å². The van der Waals surface area contributed by atoms with Gasteiger partial charge in [0.05, 0.1) is 24.6 Å². The van der Waals surface area contributed by atoms with E-state index in [2.05, 4.69) is 5.10 Å². The summed E-state index contributed by atoms with van der Waals surface area (Å²) in [5.74, 6) is -0.0131. The van der Waals surface area contributed by atoms with Crippen molar-refractivity contribution in [3.05, 3.63) is 41.7 Å². The first-order chi connectivity index (χ1) is 12.8. The summed E-state index contributed by atoms with van der Waals surface area (Å²) in [6.07, 6.45) is 1.07. The van der Waals surface area contributed by atoms with E-state index in [0.29, 0.717) is 6.54 Å². The van der Waals surface area contributed by atoms with Crippen LogP contribution in [0.15, 0.2) is 30.5 Å². The molecule has 0 aliphatic heterocycles. The van der Waals surface area contributed by atoms with Gasteiger partial charge >= 0.3 is 6.18 Å². The Bertz CT molecular complexity index is 811. The quantitative estimate of drug-likeness (QED) is 0.776. The van der Waals surface area contributed by atoms with Crippen molar-refractivity contribution in [2.45, 2.75) is 44.8 Å². The third-order valence-corrected chi connectivity index (χ3v) is 4.91. The van der Waals surface area contributed by atoms with Gasteiger partial charge in [-0.3, -0.25) is 4.79 Å². The number of ether oxygens (including phenoxy) is 1. The Balaban J connectivity index is 1.95. The van der Waals surface area contributed by atoms with Gasteiger partial charge in [0.25, 0.3) is 5.91 Å². The molecule has 1 aliphatic carbocycles. The van der Waals surface area contributed by atoms with E-state index >= 15 is 0 Å². The van der Waals surface area contributed by atoms with Gasteiger partial charge in [-0.05, 0) is 38.0 Å². The van der Waals surface area contributed by atoms with E-state index in [1.165, 1.54) is 30.1 Å². The molecule has 1 aromatic heterocycles. The number of carbonyl (C=O) groups is 1. The monoisotopic (exact) mass is 381 g/mol. The highest BCUT2D eigenvalue weighted by Gasteiger charge is 2.32. The van der Waals surface area contributed by atoms with Crippen molar-refractivity contribution in [1.29, 1.82) is 0 Å². The molecule has 1 amide bonds. The maximum absolute atomic E-state index is 13.0. The number of hydrogen-bond acceptors (Lipinski definition) is 3. The van der Waals surface area contributed by atoms with Crippen molar-refractivity contribution in [1.82, 2.24) is 14.7 Å². The normalized spacial score (nSPS) is 15.1. The smallest absolute Gasteiger partial charge is 0.416 e. The molecule has 0 unspecified atom stereocenters. The van der Waals surface area contributed by atoms with E-state index in [9.17, 15) is 18.0 Å². The Labute approximate surface area is 155 Å². The van der Waals surface area contributed by atoms with Gasteiger partial charge in [-0.15, -0.1) is 0 Å². The van der Waals surface area contributed by atoms with Crippen LogP contribution < -0.4 is 4.74 Å². The van der Waals surface area contributed by atoms with Crippen LogP contribution in [0.5, 0.6) is 5.75 Å². The van der Waals surface area contributed by atoms with Crippen LogP contribution in [0.4, 0.5) is 13.2 Å². The molecule has 1 aromatic carbocycles. The van der Waals surface area contributed by atoms with Crippen molar-refractivity contribution in [2.24, 2.45) is 0 Å².